The summed E-state index contributed by atoms with van der Waals surface area (Å²) in [7, 11) is 0. The van der Waals surface area contributed by atoms with Crippen LogP contribution in [0.2, 0.25) is 0 Å². The zero-order chi connectivity index (χ0) is 18.9. The lowest BCUT2D eigenvalue weighted by Crippen LogP contribution is -2.15. The lowest BCUT2D eigenvalue weighted by Gasteiger charge is -2.24. The highest BCUT2D eigenvalue weighted by Gasteiger charge is 2.27. The van der Waals surface area contributed by atoms with Gasteiger partial charge in [-0.3, -0.25) is 4.98 Å². The van der Waals surface area contributed by atoms with Crippen molar-refractivity contribution in [1.82, 2.24) is 24.8 Å². The predicted octanol–water partition coefficient (Wildman–Crippen LogP) is 4.21. The van der Waals surface area contributed by atoms with Crippen LogP contribution in [0, 0.1) is 0 Å². The van der Waals surface area contributed by atoms with Crippen LogP contribution in [-0.4, -0.2) is 24.8 Å². The number of benzene rings is 1. The molecule has 1 unspecified atom stereocenters. The Morgan fingerprint density at radius 1 is 1.07 bits per heavy atom. The minimum Gasteiger partial charge on any atom is -0.470 e. The van der Waals surface area contributed by atoms with E-state index in [2.05, 4.69) is 22.1 Å². The minimum atomic E-state index is 0.386. The smallest absolute Gasteiger partial charge is 0.236 e. The van der Waals surface area contributed by atoms with Crippen LogP contribution >= 0.6 is 0 Å². The first kappa shape index (κ1) is 16.9. The van der Waals surface area contributed by atoms with Gasteiger partial charge >= 0.3 is 0 Å². The van der Waals surface area contributed by atoms with Gasteiger partial charge in [-0.25, -0.2) is 0 Å². The third kappa shape index (κ3) is 2.91. The zero-order valence-electron chi connectivity index (χ0n) is 15.7. The Labute approximate surface area is 163 Å². The van der Waals surface area contributed by atoms with E-state index in [1.165, 1.54) is 11.1 Å². The van der Waals surface area contributed by atoms with Gasteiger partial charge in [0.2, 0.25) is 5.88 Å². The standard InChI is InChI=1S/C22H21N5O/c1-15-8-7-12-18-19(15)22(28-14-17-11-5-6-13-23-17)26-27-20(24-25-21(18)27)16-9-3-2-4-10-16/h2-6,9-11,13,15H,7-8,12,14H2,1H3. The number of nitrogens with zero attached hydrogens (tertiary/aromatic N) is 5. The summed E-state index contributed by atoms with van der Waals surface area (Å²) in [6.45, 7) is 2.62. The lowest BCUT2D eigenvalue weighted by atomic mass is 9.85. The van der Waals surface area contributed by atoms with Crippen molar-refractivity contribution in [3.63, 3.8) is 0 Å². The van der Waals surface area contributed by atoms with Gasteiger partial charge in [-0.1, -0.05) is 43.3 Å². The average Bonchev–Trinajstić information content (AvgIpc) is 3.18. The van der Waals surface area contributed by atoms with Gasteiger partial charge in [0.05, 0.1) is 5.69 Å². The van der Waals surface area contributed by atoms with Crippen molar-refractivity contribution in [3.8, 4) is 17.3 Å². The molecule has 0 aliphatic heterocycles. The molecule has 6 nitrogen and oxygen atoms in total. The number of hydrogen-bond donors (Lipinski definition) is 0. The van der Waals surface area contributed by atoms with Crippen molar-refractivity contribution in [2.75, 3.05) is 0 Å². The van der Waals surface area contributed by atoms with Crippen LogP contribution in [0.5, 0.6) is 5.88 Å². The van der Waals surface area contributed by atoms with Gasteiger partial charge in [0.25, 0.3) is 0 Å². The predicted molar refractivity (Wildman–Crippen MR) is 106 cm³/mol. The van der Waals surface area contributed by atoms with E-state index in [0.717, 1.165) is 42.0 Å². The van der Waals surface area contributed by atoms with Crippen molar-refractivity contribution in [1.29, 1.82) is 0 Å². The minimum absolute atomic E-state index is 0.386. The fraction of sp³-hybridized carbons (Fsp3) is 0.273. The van der Waals surface area contributed by atoms with Crippen LogP contribution in [-0.2, 0) is 13.0 Å². The van der Waals surface area contributed by atoms with E-state index in [1.54, 1.807) is 6.20 Å². The Morgan fingerprint density at radius 3 is 2.75 bits per heavy atom. The summed E-state index contributed by atoms with van der Waals surface area (Å²) in [5.74, 6) is 1.79. The Kier molecular flexibility index (Phi) is 4.24. The quantitative estimate of drug-likeness (QED) is 0.538. The molecule has 5 rings (SSSR count). The largest absolute Gasteiger partial charge is 0.470 e. The number of rotatable bonds is 4. The number of aromatic nitrogens is 5. The summed E-state index contributed by atoms with van der Waals surface area (Å²) in [6, 6.07) is 15.9. The molecule has 0 N–H and O–H groups in total. The molecule has 28 heavy (non-hydrogen) atoms. The number of pyridine rings is 1. The SMILES string of the molecule is CC1CCCc2c1c(OCc1ccccn1)nn1c(-c3ccccc3)nnc21. The third-order valence-corrected chi connectivity index (χ3v) is 5.33. The third-order valence-electron chi connectivity index (χ3n) is 5.33. The van der Waals surface area contributed by atoms with Gasteiger partial charge in [-0.15, -0.1) is 15.3 Å². The topological polar surface area (TPSA) is 65.2 Å². The molecule has 6 heteroatoms. The Morgan fingerprint density at radius 2 is 1.93 bits per heavy atom. The van der Waals surface area contributed by atoms with E-state index in [9.17, 15) is 0 Å². The van der Waals surface area contributed by atoms with E-state index < -0.39 is 0 Å². The fourth-order valence-electron chi connectivity index (χ4n) is 3.94. The van der Waals surface area contributed by atoms with Crippen molar-refractivity contribution in [3.05, 3.63) is 71.5 Å². The maximum atomic E-state index is 6.18. The normalized spacial score (nSPS) is 16.1. The van der Waals surface area contributed by atoms with Crippen molar-refractivity contribution >= 4 is 5.65 Å². The molecule has 1 aromatic carbocycles. The summed E-state index contributed by atoms with van der Waals surface area (Å²) in [6.07, 6.45) is 5.02. The van der Waals surface area contributed by atoms with Crippen molar-refractivity contribution < 1.29 is 4.74 Å². The molecule has 0 amide bonds. The van der Waals surface area contributed by atoms with E-state index in [-0.39, 0.29) is 0 Å². The molecular formula is C22H21N5O. The van der Waals surface area contributed by atoms with Crippen LogP contribution in [0.3, 0.4) is 0 Å². The Hall–Kier alpha value is -3.28. The molecule has 0 saturated heterocycles. The zero-order valence-corrected chi connectivity index (χ0v) is 15.7. The second kappa shape index (κ2) is 7.03. The van der Waals surface area contributed by atoms with Crippen LogP contribution in [0.25, 0.3) is 17.0 Å². The van der Waals surface area contributed by atoms with Gasteiger partial charge in [0.15, 0.2) is 11.5 Å². The first-order valence-corrected chi connectivity index (χ1v) is 9.67. The number of fused-ring (bicyclic) bond motifs is 3. The maximum absolute atomic E-state index is 6.18. The lowest BCUT2D eigenvalue weighted by molar-refractivity contribution is 0.277. The van der Waals surface area contributed by atoms with E-state index in [0.29, 0.717) is 18.4 Å². The van der Waals surface area contributed by atoms with Crippen LogP contribution in [0.15, 0.2) is 54.7 Å². The second-order valence-corrected chi connectivity index (χ2v) is 7.23. The average molecular weight is 371 g/mol. The molecule has 140 valence electrons. The molecule has 1 aliphatic carbocycles. The van der Waals surface area contributed by atoms with Gasteiger partial charge in [0, 0.05) is 22.9 Å². The van der Waals surface area contributed by atoms with Gasteiger partial charge in [-0.2, -0.15) is 4.52 Å². The van der Waals surface area contributed by atoms with Crippen LogP contribution in [0.4, 0.5) is 0 Å². The van der Waals surface area contributed by atoms with Gasteiger partial charge in [0.1, 0.15) is 6.61 Å². The molecule has 0 saturated carbocycles. The highest BCUT2D eigenvalue weighted by atomic mass is 16.5. The molecular weight excluding hydrogens is 350 g/mol. The van der Waals surface area contributed by atoms with Gasteiger partial charge < -0.3 is 4.74 Å². The second-order valence-electron chi connectivity index (χ2n) is 7.23. The highest BCUT2D eigenvalue weighted by Crippen LogP contribution is 2.39. The number of ether oxygens (including phenoxy) is 1. The maximum Gasteiger partial charge on any atom is 0.236 e. The van der Waals surface area contributed by atoms with Crippen LogP contribution < -0.4 is 4.74 Å². The molecule has 0 spiro atoms. The van der Waals surface area contributed by atoms with E-state index in [4.69, 9.17) is 9.84 Å². The van der Waals surface area contributed by atoms with Crippen molar-refractivity contribution in [2.45, 2.75) is 38.7 Å². The molecule has 3 heterocycles. The summed E-state index contributed by atoms with van der Waals surface area (Å²) >= 11 is 0. The molecule has 0 fully saturated rings. The first-order chi connectivity index (χ1) is 13.8. The summed E-state index contributed by atoms with van der Waals surface area (Å²) in [5, 5.41) is 13.8. The summed E-state index contributed by atoms with van der Waals surface area (Å²) in [5.41, 5.74) is 5.09. The van der Waals surface area contributed by atoms with Crippen molar-refractivity contribution in [2.24, 2.45) is 0 Å². The molecule has 4 aromatic rings. The number of aryl methyl sites for hydroxylation is 1. The molecule has 0 bridgehead atoms. The number of hydrogen-bond acceptors (Lipinski definition) is 5. The summed E-state index contributed by atoms with van der Waals surface area (Å²) < 4.78 is 8.01. The molecule has 1 atom stereocenters. The Bertz CT molecular complexity index is 1110. The van der Waals surface area contributed by atoms with E-state index >= 15 is 0 Å². The first-order valence-electron chi connectivity index (χ1n) is 9.67. The summed E-state index contributed by atoms with van der Waals surface area (Å²) in [4.78, 5) is 4.36. The van der Waals surface area contributed by atoms with Crippen LogP contribution in [0.1, 0.15) is 42.5 Å². The monoisotopic (exact) mass is 371 g/mol. The fourth-order valence-corrected chi connectivity index (χ4v) is 3.94. The van der Waals surface area contributed by atoms with Gasteiger partial charge in [-0.05, 0) is 37.3 Å². The Balaban J connectivity index is 1.64. The molecule has 3 aromatic heterocycles. The molecule has 1 aliphatic rings. The highest BCUT2D eigenvalue weighted by molar-refractivity contribution is 5.63. The van der Waals surface area contributed by atoms with E-state index in [1.807, 2.05) is 53.0 Å². The molecule has 0 radical (unpaired) electrons.